The van der Waals surface area contributed by atoms with Crippen LogP contribution in [0.1, 0.15) is 5.56 Å². The molecule has 0 fully saturated rings. The molecule has 0 spiro atoms. The lowest BCUT2D eigenvalue weighted by molar-refractivity contribution is 0.576. The van der Waals surface area contributed by atoms with Crippen LogP contribution in [0.5, 0.6) is 0 Å². The zero-order chi connectivity index (χ0) is 15.5. The van der Waals surface area contributed by atoms with Crippen LogP contribution in [0.2, 0.25) is 0 Å². The molecule has 2 aromatic rings. The van der Waals surface area contributed by atoms with Crippen LogP contribution in [0, 0.1) is 11.6 Å². The standard InChI is InChI=1S/C13H13F2N3O2S/c14-10-5-9(6-11(15)7-10)3-4-18-21(19,20)12-1-2-13(16)17-8-12/h1-2,5-8,18H,3-4H2,(H2,16,17). The van der Waals surface area contributed by atoms with Gasteiger partial charge in [-0.1, -0.05) is 0 Å². The predicted octanol–water partition coefficient (Wildman–Crippen LogP) is 1.46. The van der Waals surface area contributed by atoms with Gasteiger partial charge in [-0.3, -0.25) is 0 Å². The molecule has 2 rings (SSSR count). The SMILES string of the molecule is Nc1ccc(S(=O)(=O)NCCc2cc(F)cc(F)c2)cn1. The summed E-state index contributed by atoms with van der Waals surface area (Å²) in [6, 6.07) is 5.76. The van der Waals surface area contributed by atoms with Gasteiger partial charge in [0, 0.05) is 18.8 Å². The number of anilines is 1. The van der Waals surface area contributed by atoms with Crippen LogP contribution in [0.15, 0.2) is 41.4 Å². The minimum Gasteiger partial charge on any atom is -0.384 e. The molecule has 0 unspecified atom stereocenters. The second-order valence-corrected chi connectivity index (χ2v) is 6.11. The van der Waals surface area contributed by atoms with Gasteiger partial charge in [-0.2, -0.15) is 0 Å². The summed E-state index contributed by atoms with van der Waals surface area (Å²) in [5.74, 6) is -1.18. The van der Waals surface area contributed by atoms with Crippen molar-refractivity contribution in [2.75, 3.05) is 12.3 Å². The lowest BCUT2D eigenvalue weighted by atomic mass is 10.1. The molecule has 0 aliphatic rings. The first-order valence-corrected chi connectivity index (χ1v) is 7.51. The van der Waals surface area contributed by atoms with Crippen LogP contribution < -0.4 is 10.5 Å². The van der Waals surface area contributed by atoms with Crippen molar-refractivity contribution in [2.45, 2.75) is 11.3 Å². The van der Waals surface area contributed by atoms with Crippen LogP contribution in [-0.4, -0.2) is 19.9 Å². The summed E-state index contributed by atoms with van der Waals surface area (Å²) in [6.07, 6.45) is 1.30. The molecule has 0 aliphatic heterocycles. The second kappa shape index (κ2) is 6.15. The minimum absolute atomic E-state index is 0.00953. The van der Waals surface area contributed by atoms with Crippen LogP contribution in [0.25, 0.3) is 0 Å². The van der Waals surface area contributed by atoms with Gasteiger partial charge in [0.2, 0.25) is 10.0 Å². The number of halogens is 2. The molecular formula is C13H13F2N3O2S. The Morgan fingerprint density at radius 2 is 1.81 bits per heavy atom. The number of nitrogens with one attached hydrogen (secondary N) is 1. The summed E-state index contributed by atoms with van der Waals surface area (Å²) in [7, 11) is -3.72. The van der Waals surface area contributed by atoms with E-state index >= 15 is 0 Å². The maximum atomic E-state index is 13.0. The lowest BCUT2D eigenvalue weighted by Crippen LogP contribution is -2.26. The molecule has 112 valence electrons. The molecule has 0 atom stereocenters. The van der Waals surface area contributed by atoms with E-state index < -0.39 is 21.7 Å². The lowest BCUT2D eigenvalue weighted by Gasteiger charge is -2.07. The van der Waals surface area contributed by atoms with Crippen LogP contribution >= 0.6 is 0 Å². The first-order chi connectivity index (χ1) is 9.87. The third-order valence-electron chi connectivity index (χ3n) is 2.70. The number of benzene rings is 1. The summed E-state index contributed by atoms with van der Waals surface area (Å²) >= 11 is 0. The number of nitrogens with zero attached hydrogens (tertiary/aromatic N) is 1. The number of aromatic nitrogens is 1. The Morgan fingerprint density at radius 3 is 2.38 bits per heavy atom. The second-order valence-electron chi connectivity index (χ2n) is 4.34. The quantitative estimate of drug-likeness (QED) is 0.875. The number of nitrogens with two attached hydrogens (primary N) is 1. The highest BCUT2D eigenvalue weighted by molar-refractivity contribution is 7.89. The van der Waals surface area contributed by atoms with E-state index in [1.54, 1.807) is 0 Å². The molecule has 0 saturated heterocycles. The van der Waals surface area contributed by atoms with E-state index in [1.165, 1.54) is 12.1 Å². The molecule has 0 radical (unpaired) electrons. The van der Waals surface area contributed by atoms with Crippen LogP contribution in [0.3, 0.4) is 0 Å². The van der Waals surface area contributed by atoms with Crippen molar-refractivity contribution in [1.29, 1.82) is 0 Å². The van der Waals surface area contributed by atoms with Gasteiger partial charge in [0.05, 0.1) is 0 Å². The molecule has 1 heterocycles. The van der Waals surface area contributed by atoms with Crippen LogP contribution in [0.4, 0.5) is 14.6 Å². The highest BCUT2D eigenvalue weighted by Gasteiger charge is 2.13. The van der Waals surface area contributed by atoms with E-state index in [2.05, 4.69) is 9.71 Å². The van der Waals surface area contributed by atoms with Gasteiger partial charge >= 0.3 is 0 Å². The zero-order valence-electron chi connectivity index (χ0n) is 10.9. The Morgan fingerprint density at radius 1 is 1.14 bits per heavy atom. The summed E-state index contributed by atoms with van der Waals surface area (Å²) in [5.41, 5.74) is 5.74. The normalized spacial score (nSPS) is 11.5. The van der Waals surface area contributed by atoms with Crippen molar-refractivity contribution in [3.8, 4) is 0 Å². The summed E-state index contributed by atoms with van der Waals surface area (Å²) < 4.78 is 52.2. The minimum atomic E-state index is -3.72. The predicted molar refractivity (Wildman–Crippen MR) is 73.9 cm³/mol. The van der Waals surface area contributed by atoms with E-state index in [4.69, 9.17) is 5.73 Å². The fourth-order valence-corrected chi connectivity index (χ4v) is 2.70. The van der Waals surface area contributed by atoms with Gasteiger partial charge in [-0.25, -0.2) is 26.9 Å². The number of rotatable bonds is 5. The third kappa shape index (κ3) is 4.20. The van der Waals surface area contributed by atoms with Crippen LogP contribution in [-0.2, 0) is 16.4 Å². The van der Waals surface area contributed by atoms with Crippen molar-refractivity contribution in [3.63, 3.8) is 0 Å². The molecule has 3 N–H and O–H groups in total. The molecule has 0 bridgehead atoms. The fraction of sp³-hybridized carbons (Fsp3) is 0.154. The number of sulfonamides is 1. The average Bonchev–Trinajstić information content (AvgIpc) is 2.37. The fourth-order valence-electron chi connectivity index (χ4n) is 1.72. The van der Waals surface area contributed by atoms with Gasteiger partial charge in [-0.05, 0) is 36.2 Å². The first-order valence-electron chi connectivity index (χ1n) is 6.03. The summed E-state index contributed by atoms with van der Waals surface area (Å²) in [5, 5.41) is 0. The molecule has 5 nitrogen and oxygen atoms in total. The summed E-state index contributed by atoms with van der Waals surface area (Å²) in [6.45, 7) is 0.00953. The Hall–Kier alpha value is -2.06. The average molecular weight is 313 g/mol. The molecule has 0 amide bonds. The Bertz CT molecular complexity index is 713. The molecule has 1 aromatic heterocycles. The molecule has 1 aromatic carbocycles. The number of pyridine rings is 1. The maximum absolute atomic E-state index is 13.0. The van der Waals surface area contributed by atoms with Gasteiger partial charge in [0.25, 0.3) is 0 Å². The number of hydrogen-bond donors (Lipinski definition) is 2. The molecule has 0 aliphatic carbocycles. The Balaban J connectivity index is 2.00. The van der Waals surface area contributed by atoms with E-state index in [9.17, 15) is 17.2 Å². The molecule has 21 heavy (non-hydrogen) atoms. The highest BCUT2D eigenvalue weighted by atomic mass is 32.2. The zero-order valence-corrected chi connectivity index (χ0v) is 11.7. The topological polar surface area (TPSA) is 85.1 Å². The summed E-state index contributed by atoms with van der Waals surface area (Å²) in [4.78, 5) is 3.67. The Labute approximate surface area is 120 Å². The van der Waals surface area contributed by atoms with Gasteiger partial charge in [0.15, 0.2) is 0 Å². The molecule has 0 saturated carbocycles. The van der Waals surface area contributed by atoms with E-state index in [1.807, 2.05) is 0 Å². The van der Waals surface area contributed by atoms with E-state index in [0.29, 0.717) is 5.56 Å². The maximum Gasteiger partial charge on any atom is 0.242 e. The van der Waals surface area contributed by atoms with Crippen molar-refractivity contribution < 1.29 is 17.2 Å². The molecule has 8 heteroatoms. The number of nitrogen functional groups attached to an aromatic ring is 1. The highest BCUT2D eigenvalue weighted by Crippen LogP contribution is 2.10. The largest absolute Gasteiger partial charge is 0.384 e. The van der Waals surface area contributed by atoms with Crippen molar-refractivity contribution in [3.05, 3.63) is 53.7 Å². The van der Waals surface area contributed by atoms with Gasteiger partial charge in [-0.15, -0.1) is 0 Å². The van der Waals surface area contributed by atoms with Crippen molar-refractivity contribution >= 4 is 15.8 Å². The van der Waals surface area contributed by atoms with E-state index in [-0.39, 0.29) is 23.7 Å². The van der Waals surface area contributed by atoms with E-state index in [0.717, 1.165) is 24.4 Å². The Kier molecular flexibility index (Phi) is 4.49. The van der Waals surface area contributed by atoms with Crippen molar-refractivity contribution in [2.24, 2.45) is 0 Å². The molecular weight excluding hydrogens is 300 g/mol. The third-order valence-corrected chi connectivity index (χ3v) is 4.14. The van der Waals surface area contributed by atoms with Gasteiger partial charge < -0.3 is 5.73 Å². The monoisotopic (exact) mass is 313 g/mol. The number of hydrogen-bond acceptors (Lipinski definition) is 4. The van der Waals surface area contributed by atoms with Crippen molar-refractivity contribution in [1.82, 2.24) is 9.71 Å². The smallest absolute Gasteiger partial charge is 0.242 e. The van der Waals surface area contributed by atoms with Gasteiger partial charge in [0.1, 0.15) is 22.3 Å². The first kappa shape index (κ1) is 15.3.